The van der Waals surface area contributed by atoms with Gasteiger partial charge in [0.15, 0.2) is 0 Å². The lowest BCUT2D eigenvalue weighted by atomic mass is 10.2. The van der Waals surface area contributed by atoms with Gasteiger partial charge in [-0.3, -0.25) is 0 Å². The Morgan fingerprint density at radius 1 is 1.09 bits per heavy atom. The minimum atomic E-state index is -0.224. The average molecular weight is 476 g/mol. The molecule has 1 aliphatic heterocycles. The number of nitrogens with zero attached hydrogens (tertiary/aromatic N) is 3. The van der Waals surface area contributed by atoms with E-state index in [0.29, 0.717) is 6.54 Å². The summed E-state index contributed by atoms with van der Waals surface area (Å²) in [6.45, 7) is 10.7. The van der Waals surface area contributed by atoms with Crippen molar-refractivity contribution in [2.75, 3.05) is 31.9 Å². The molecular weight excluding hydrogens is 445 g/mol. The van der Waals surface area contributed by atoms with Crippen molar-refractivity contribution >= 4 is 28.2 Å². The van der Waals surface area contributed by atoms with Crippen LogP contribution in [0, 0.1) is 5.82 Å². The van der Waals surface area contributed by atoms with E-state index in [1.165, 1.54) is 17.8 Å². The predicted octanol–water partition coefficient (Wildman–Crippen LogP) is 5.62. The molecule has 2 heterocycles. The van der Waals surface area contributed by atoms with E-state index < -0.39 is 0 Å². The Bertz CT molecular complexity index is 1170. The number of halogens is 1. The number of nitrogens with two attached hydrogens (primary N) is 1. The first kappa shape index (κ1) is 23.6. The Kier molecular flexibility index (Phi) is 7.65. The van der Waals surface area contributed by atoms with Gasteiger partial charge in [0.25, 0.3) is 0 Å². The third kappa shape index (κ3) is 6.26. The molecule has 0 aliphatic carbocycles. The van der Waals surface area contributed by atoms with Crippen LogP contribution in [0.4, 0.5) is 15.1 Å². The standard InChI is InChI=1S/C27H30FN5S/c1-20(12-13-30-27-11-10-26(34-27)23-6-8-24(28)9-7-23)32-14-16-33(17-15-32)21(2)31-19-22-4-3-5-25(29)18-22/h3-13,18,31H,2,14-17,19,29H2,1H3/b20-12+,30-13-. The summed E-state index contributed by atoms with van der Waals surface area (Å²) >= 11 is 1.59. The van der Waals surface area contributed by atoms with E-state index in [0.717, 1.165) is 58.7 Å². The number of hydrogen-bond donors (Lipinski definition) is 2. The van der Waals surface area contributed by atoms with Gasteiger partial charge in [0.1, 0.15) is 10.8 Å². The molecule has 0 spiro atoms. The van der Waals surface area contributed by atoms with Crippen molar-refractivity contribution in [2.45, 2.75) is 13.5 Å². The summed E-state index contributed by atoms with van der Waals surface area (Å²) in [4.78, 5) is 10.3. The number of thiophene rings is 1. The fraction of sp³-hybridized carbons (Fsp3) is 0.222. The molecule has 3 N–H and O–H groups in total. The van der Waals surface area contributed by atoms with Crippen LogP contribution in [0.15, 0.2) is 89.8 Å². The van der Waals surface area contributed by atoms with E-state index in [9.17, 15) is 4.39 Å². The summed E-state index contributed by atoms with van der Waals surface area (Å²) in [6, 6.07) is 18.5. The highest BCUT2D eigenvalue weighted by molar-refractivity contribution is 7.19. The van der Waals surface area contributed by atoms with Gasteiger partial charge >= 0.3 is 0 Å². The van der Waals surface area contributed by atoms with Crippen LogP contribution in [0.25, 0.3) is 10.4 Å². The van der Waals surface area contributed by atoms with Crippen LogP contribution >= 0.6 is 11.3 Å². The van der Waals surface area contributed by atoms with Crippen molar-refractivity contribution in [3.8, 4) is 10.4 Å². The van der Waals surface area contributed by atoms with Gasteiger partial charge < -0.3 is 20.9 Å². The van der Waals surface area contributed by atoms with Gasteiger partial charge in [-0.05, 0) is 60.5 Å². The van der Waals surface area contributed by atoms with Gasteiger partial charge in [0.2, 0.25) is 0 Å². The summed E-state index contributed by atoms with van der Waals surface area (Å²) in [7, 11) is 0. The lowest BCUT2D eigenvalue weighted by Gasteiger charge is -2.38. The first-order valence-corrected chi connectivity index (χ1v) is 12.1. The molecule has 0 radical (unpaired) electrons. The summed E-state index contributed by atoms with van der Waals surface area (Å²) in [6.07, 6.45) is 3.91. The summed E-state index contributed by atoms with van der Waals surface area (Å²) in [5.74, 6) is 0.721. The molecule has 0 atom stereocenters. The van der Waals surface area contributed by atoms with E-state index in [-0.39, 0.29) is 5.82 Å². The number of hydrogen-bond acceptors (Lipinski definition) is 6. The average Bonchev–Trinajstić information content (AvgIpc) is 3.32. The van der Waals surface area contributed by atoms with Gasteiger partial charge in [0.05, 0.1) is 5.82 Å². The Balaban J connectivity index is 1.25. The molecule has 0 bridgehead atoms. The first-order valence-electron chi connectivity index (χ1n) is 11.3. The Labute approximate surface area is 204 Å². The molecule has 7 heteroatoms. The largest absolute Gasteiger partial charge is 0.399 e. The van der Waals surface area contributed by atoms with Crippen molar-refractivity contribution in [3.05, 3.63) is 96.2 Å². The normalized spacial score (nSPS) is 14.6. The molecule has 3 aromatic rings. The number of aliphatic imine (C=N–C) groups is 1. The molecule has 4 rings (SSSR count). The fourth-order valence-corrected chi connectivity index (χ4v) is 4.70. The molecule has 5 nitrogen and oxygen atoms in total. The molecule has 1 saturated heterocycles. The van der Waals surface area contributed by atoms with Crippen LogP contribution in [-0.4, -0.2) is 42.2 Å². The fourth-order valence-electron chi connectivity index (χ4n) is 3.84. The molecule has 0 amide bonds. The number of allylic oxidation sites excluding steroid dienone is 2. The Morgan fingerprint density at radius 2 is 1.82 bits per heavy atom. The third-order valence-electron chi connectivity index (χ3n) is 5.85. The maximum atomic E-state index is 13.1. The van der Waals surface area contributed by atoms with Crippen LogP contribution in [-0.2, 0) is 6.54 Å². The highest BCUT2D eigenvalue weighted by Crippen LogP contribution is 2.33. The van der Waals surface area contributed by atoms with Crippen LogP contribution < -0.4 is 11.1 Å². The van der Waals surface area contributed by atoms with Gasteiger partial charge in [0, 0.05) is 55.2 Å². The quantitative estimate of drug-likeness (QED) is 0.328. The molecule has 34 heavy (non-hydrogen) atoms. The number of nitrogens with one attached hydrogen (secondary N) is 1. The highest BCUT2D eigenvalue weighted by atomic mass is 32.1. The first-order chi connectivity index (χ1) is 16.5. The van der Waals surface area contributed by atoms with Gasteiger partial charge in [-0.15, -0.1) is 11.3 Å². The SMILES string of the molecule is C=C(NCc1cccc(N)c1)N1CCN(/C(C)=C/C=N\c2ccc(-c3ccc(F)cc3)s2)CC1. The molecule has 1 fully saturated rings. The molecule has 176 valence electrons. The van der Waals surface area contributed by atoms with Crippen molar-refractivity contribution in [3.63, 3.8) is 0 Å². The zero-order chi connectivity index (χ0) is 23.9. The molecule has 1 aliphatic rings. The molecular formula is C27H30FN5S. The van der Waals surface area contributed by atoms with E-state index in [2.05, 4.69) is 45.8 Å². The number of anilines is 1. The number of piperazine rings is 1. The number of benzene rings is 2. The molecule has 0 saturated carbocycles. The topological polar surface area (TPSA) is 56.9 Å². The van der Waals surface area contributed by atoms with E-state index in [1.807, 2.05) is 36.5 Å². The highest BCUT2D eigenvalue weighted by Gasteiger charge is 2.17. The van der Waals surface area contributed by atoms with Crippen molar-refractivity contribution in [1.82, 2.24) is 15.1 Å². The summed E-state index contributed by atoms with van der Waals surface area (Å²) in [5.41, 5.74) is 9.97. The van der Waals surface area contributed by atoms with Crippen molar-refractivity contribution in [2.24, 2.45) is 4.99 Å². The van der Waals surface area contributed by atoms with Crippen LogP contribution in [0.2, 0.25) is 0 Å². The second kappa shape index (κ2) is 11.0. The monoisotopic (exact) mass is 475 g/mol. The third-order valence-corrected chi connectivity index (χ3v) is 6.89. The minimum Gasteiger partial charge on any atom is -0.399 e. The lowest BCUT2D eigenvalue weighted by Crippen LogP contribution is -2.46. The van der Waals surface area contributed by atoms with E-state index >= 15 is 0 Å². The van der Waals surface area contributed by atoms with Gasteiger partial charge in [-0.1, -0.05) is 30.8 Å². The molecule has 2 aromatic carbocycles. The minimum absolute atomic E-state index is 0.224. The van der Waals surface area contributed by atoms with Crippen molar-refractivity contribution in [1.29, 1.82) is 0 Å². The predicted molar refractivity (Wildman–Crippen MR) is 142 cm³/mol. The van der Waals surface area contributed by atoms with E-state index in [1.54, 1.807) is 23.5 Å². The second-order valence-corrected chi connectivity index (χ2v) is 9.31. The van der Waals surface area contributed by atoms with Crippen LogP contribution in [0.5, 0.6) is 0 Å². The lowest BCUT2D eigenvalue weighted by molar-refractivity contribution is 0.184. The van der Waals surface area contributed by atoms with E-state index in [4.69, 9.17) is 5.73 Å². The smallest absolute Gasteiger partial charge is 0.123 e. The Morgan fingerprint density at radius 3 is 2.56 bits per heavy atom. The molecule has 0 unspecified atom stereocenters. The van der Waals surface area contributed by atoms with Crippen LogP contribution in [0.1, 0.15) is 12.5 Å². The van der Waals surface area contributed by atoms with Gasteiger partial charge in [-0.25, -0.2) is 9.38 Å². The molecule has 1 aromatic heterocycles. The maximum Gasteiger partial charge on any atom is 0.123 e. The van der Waals surface area contributed by atoms with Crippen molar-refractivity contribution < 1.29 is 4.39 Å². The number of rotatable bonds is 8. The number of nitrogen functional groups attached to an aromatic ring is 1. The zero-order valence-electron chi connectivity index (χ0n) is 19.4. The second-order valence-electron chi connectivity index (χ2n) is 8.25. The van der Waals surface area contributed by atoms with Gasteiger partial charge in [-0.2, -0.15) is 0 Å². The van der Waals surface area contributed by atoms with Crippen LogP contribution in [0.3, 0.4) is 0 Å². The maximum absolute atomic E-state index is 13.1. The summed E-state index contributed by atoms with van der Waals surface area (Å²) in [5, 5.41) is 4.34. The Hall–Kier alpha value is -3.58. The summed E-state index contributed by atoms with van der Waals surface area (Å²) < 4.78 is 13.1. The zero-order valence-corrected chi connectivity index (χ0v) is 20.2.